The molecule has 0 radical (unpaired) electrons. The van der Waals surface area contributed by atoms with Gasteiger partial charge in [0.15, 0.2) is 0 Å². The lowest BCUT2D eigenvalue weighted by molar-refractivity contribution is 0.0254. The lowest BCUT2D eigenvalue weighted by atomic mass is 9.92. The van der Waals surface area contributed by atoms with Crippen molar-refractivity contribution in [2.45, 2.75) is 50.6 Å². The largest absolute Gasteiger partial charge is 0.373 e. The smallest absolute Gasteiger partial charge is 0.259 e. The molecule has 1 spiro atoms. The third-order valence-corrected chi connectivity index (χ3v) is 6.86. The van der Waals surface area contributed by atoms with Crippen LogP contribution in [0, 0.1) is 6.92 Å². The van der Waals surface area contributed by atoms with Gasteiger partial charge in [0, 0.05) is 37.7 Å². The number of carbonyl (C=O) groups excluding carboxylic acids is 1. The SMILES string of the molecule is CCCc1onc(C)c1C(=O)N1CC2(CC(OCc3ccncc3)CS2)C1. The van der Waals surface area contributed by atoms with Gasteiger partial charge in [0.2, 0.25) is 0 Å². The van der Waals surface area contributed by atoms with E-state index in [4.69, 9.17) is 9.26 Å². The van der Waals surface area contributed by atoms with Crippen molar-refractivity contribution < 1.29 is 14.1 Å². The minimum absolute atomic E-state index is 0.0598. The van der Waals surface area contributed by atoms with E-state index in [1.807, 2.05) is 35.7 Å². The van der Waals surface area contributed by atoms with Crippen LogP contribution in [-0.4, -0.2) is 50.6 Å². The van der Waals surface area contributed by atoms with Gasteiger partial charge in [-0.3, -0.25) is 9.78 Å². The highest BCUT2D eigenvalue weighted by molar-refractivity contribution is 8.01. The van der Waals surface area contributed by atoms with E-state index in [2.05, 4.69) is 17.1 Å². The molecule has 7 heteroatoms. The zero-order chi connectivity index (χ0) is 18.9. The van der Waals surface area contributed by atoms with Crippen LogP contribution >= 0.6 is 11.8 Å². The molecule has 4 rings (SSSR count). The quantitative estimate of drug-likeness (QED) is 0.758. The number of amides is 1. The second-order valence-electron chi connectivity index (χ2n) is 7.46. The predicted molar refractivity (Wildman–Crippen MR) is 104 cm³/mol. The lowest BCUT2D eigenvalue weighted by Gasteiger charge is -2.47. The van der Waals surface area contributed by atoms with Crippen LogP contribution < -0.4 is 0 Å². The van der Waals surface area contributed by atoms with E-state index < -0.39 is 0 Å². The number of nitrogens with zero attached hydrogens (tertiary/aromatic N) is 3. The van der Waals surface area contributed by atoms with Gasteiger partial charge in [0.05, 0.1) is 23.2 Å². The van der Waals surface area contributed by atoms with E-state index >= 15 is 0 Å². The molecule has 27 heavy (non-hydrogen) atoms. The van der Waals surface area contributed by atoms with Crippen molar-refractivity contribution in [2.75, 3.05) is 18.8 Å². The molecule has 2 aliphatic rings. The van der Waals surface area contributed by atoms with Crippen molar-refractivity contribution in [3.63, 3.8) is 0 Å². The van der Waals surface area contributed by atoms with E-state index in [9.17, 15) is 4.79 Å². The van der Waals surface area contributed by atoms with Crippen molar-refractivity contribution in [3.8, 4) is 0 Å². The fourth-order valence-corrected chi connectivity index (χ4v) is 5.41. The summed E-state index contributed by atoms with van der Waals surface area (Å²) in [7, 11) is 0. The summed E-state index contributed by atoms with van der Waals surface area (Å²) in [5.74, 6) is 1.77. The number of rotatable bonds is 6. The second-order valence-corrected chi connectivity index (χ2v) is 8.95. The average Bonchev–Trinajstić information content (AvgIpc) is 3.24. The van der Waals surface area contributed by atoms with Gasteiger partial charge >= 0.3 is 0 Å². The Morgan fingerprint density at radius 3 is 2.93 bits per heavy atom. The number of likely N-dealkylation sites (tertiary alicyclic amines) is 1. The van der Waals surface area contributed by atoms with Crippen LogP contribution in [0.4, 0.5) is 0 Å². The second kappa shape index (κ2) is 7.64. The van der Waals surface area contributed by atoms with Gasteiger partial charge in [0.25, 0.3) is 5.91 Å². The highest BCUT2D eigenvalue weighted by Crippen LogP contribution is 2.46. The summed E-state index contributed by atoms with van der Waals surface area (Å²) in [6, 6.07) is 3.97. The summed E-state index contributed by atoms with van der Waals surface area (Å²) < 4.78 is 11.6. The van der Waals surface area contributed by atoms with Crippen molar-refractivity contribution >= 4 is 17.7 Å². The molecular weight excluding hydrogens is 362 g/mol. The molecule has 0 N–H and O–H groups in total. The lowest BCUT2D eigenvalue weighted by Crippen LogP contribution is -2.60. The molecule has 0 aromatic carbocycles. The van der Waals surface area contributed by atoms with Gasteiger partial charge < -0.3 is 14.2 Å². The normalized spacial score (nSPS) is 20.8. The molecule has 0 aliphatic carbocycles. The van der Waals surface area contributed by atoms with E-state index in [-0.39, 0.29) is 16.8 Å². The Morgan fingerprint density at radius 2 is 2.19 bits per heavy atom. The minimum atomic E-state index is 0.0598. The number of carbonyl (C=O) groups is 1. The number of hydrogen-bond donors (Lipinski definition) is 0. The van der Waals surface area contributed by atoms with Crippen LogP contribution in [0.2, 0.25) is 0 Å². The molecule has 2 fully saturated rings. The first-order valence-electron chi connectivity index (χ1n) is 9.49. The summed E-state index contributed by atoms with van der Waals surface area (Å²) in [5, 5.41) is 4.00. The number of aryl methyl sites for hydroxylation is 2. The molecule has 144 valence electrons. The summed E-state index contributed by atoms with van der Waals surface area (Å²) in [6.07, 6.45) is 6.51. The van der Waals surface area contributed by atoms with E-state index in [1.54, 1.807) is 12.4 Å². The van der Waals surface area contributed by atoms with E-state index in [0.29, 0.717) is 17.9 Å². The van der Waals surface area contributed by atoms with Gasteiger partial charge in [-0.2, -0.15) is 0 Å². The molecule has 2 aliphatic heterocycles. The van der Waals surface area contributed by atoms with Crippen molar-refractivity contribution in [3.05, 3.63) is 47.1 Å². The predicted octanol–water partition coefficient (Wildman–Crippen LogP) is 3.25. The Kier molecular flexibility index (Phi) is 5.23. The fourth-order valence-electron chi connectivity index (χ4n) is 3.86. The van der Waals surface area contributed by atoms with Crippen molar-refractivity contribution in [1.82, 2.24) is 15.0 Å². The van der Waals surface area contributed by atoms with Gasteiger partial charge in [-0.05, 0) is 37.5 Å². The Labute approximate surface area is 163 Å². The standard InChI is InChI=1S/C20H25N3O3S/c1-3-4-17-18(14(2)22-26-17)19(24)23-12-20(13-23)9-16(11-27-20)25-10-15-5-7-21-8-6-15/h5-8,16H,3-4,9-13H2,1-2H3. The van der Waals surface area contributed by atoms with Gasteiger partial charge in [-0.1, -0.05) is 12.1 Å². The Bertz CT molecular complexity index is 802. The van der Waals surface area contributed by atoms with Crippen LogP contribution in [0.1, 0.15) is 47.1 Å². The summed E-state index contributed by atoms with van der Waals surface area (Å²) in [4.78, 5) is 18.9. The van der Waals surface area contributed by atoms with Gasteiger partial charge in [-0.15, -0.1) is 11.8 Å². The number of aromatic nitrogens is 2. The maximum Gasteiger partial charge on any atom is 0.259 e. The van der Waals surface area contributed by atoms with Gasteiger partial charge in [-0.25, -0.2) is 0 Å². The first kappa shape index (κ1) is 18.5. The first-order chi connectivity index (χ1) is 13.1. The number of pyridine rings is 1. The van der Waals surface area contributed by atoms with Gasteiger partial charge in [0.1, 0.15) is 11.3 Å². The molecule has 2 aromatic heterocycles. The first-order valence-corrected chi connectivity index (χ1v) is 10.5. The molecule has 4 heterocycles. The molecular formula is C20H25N3O3S. The average molecular weight is 388 g/mol. The zero-order valence-corrected chi connectivity index (χ0v) is 16.6. The Hall–Kier alpha value is -1.86. The van der Waals surface area contributed by atoms with Crippen LogP contribution in [-0.2, 0) is 17.8 Å². The molecule has 0 bridgehead atoms. The maximum absolute atomic E-state index is 12.9. The molecule has 1 atom stereocenters. The molecule has 0 saturated carbocycles. The molecule has 6 nitrogen and oxygen atoms in total. The monoisotopic (exact) mass is 387 g/mol. The highest BCUT2D eigenvalue weighted by atomic mass is 32.2. The zero-order valence-electron chi connectivity index (χ0n) is 15.8. The van der Waals surface area contributed by atoms with Crippen LogP contribution in [0.25, 0.3) is 0 Å². The van der Waals surface area contributed by atoms with E-state index in [1.165, 1.54) is 0 Å². The molecule has 2 aromatic rings. The van der Waals surface area contributed by atoms with Crippen LogP contribution in [0.3, 0.4) is 0 Å². The molecule has 2 saturated heterocycles. The molecule has 1 unspecified atom stereocenters. The highest BCUT2D eigenvalue weighted by Gasteiger charge is 2.51. The number of thioether (sulfide) groups is 1. The minimum Gasteiger partial charge on any atom is -0.373 e. The van der Waals surface area contributed by atoms with Crippen LogP contribution in [0.5, 0.6) is 0 Å². The van der Waals surface area contributed by atoms with Crippen molar-refractivity contribution in [1.29, 1.82) is 0 Å². The summed E-state index contributed by atoms with van der Waals surface area (Å²) >= 11 is 1.94. The number of ether oxygens (including phenoxy) is 1. The maximum atomic E-state index is 12.9. The third-order valence-electron chi connectivity index (χ3n) is 5.28. The molecule has 1 amide bonds. The summed E-state index contributed by atoms with van der Waals surface area (Å²) in [5.41, 5.74) is 2.51. The third kappa shape index (κ3) is 3.75. The summed E-state index contributed by atoms with van der Waals surface area (Å²) in [6.45, 7) is 6.10. The fraction of sp³-hybridized carbons (Fsp3) is 0.550. The topological polar surface area (TPSA) is 68.5 Å². The Morgan fingerprint density at radius 1 is 1.41 bits per heavy atom. The Balaban J connectivity index is 1.31. The van der Waals surface area contributed by atoms with Crippen molar-refractivity contribution in [2.24, 2.45) is 0 Å². The van der Waals surface area contributed by atoms with E-state index in [0.717, 1.165) is 49.4 Å². The number of hydrogen-bond acceptors (Lipinski definition) is 6. The van der Waals surface area contributed by atoms with Crippen LogP contribution in [0.15, 0.2) is 29.0 Å².